The van der Waals surface area contributed by atoms with Gasteiger partial charge in [-0.25, -0.2) is 9.78 Å². The Morgan fingerprint density at radius 2 is 1.83 bits per heavy atom. The van der Waals surface area contributed by atoms with Gasteiger partial charge < -0.3 is 15.0 Å². The summed E-state index contributed by atoms with van der Waals surface area (Å²) < 4.78 is 4.95. The monoisotopic (exact) mass is 409 g/mol. The number of nitrogens with one attached hydrogen (secondary N) is 2. The fourth-order valence-corrected chi connectivity index (χ4v) is 3.47. The van der Waals surface area contributed by atoms with E-state index in [1.807, 2.05) is 25.1 Å². The van der Waals surface area contributed by atoms with E-state index in [0.29, 0.717) is 17.9 Å². The molecule has 0 aliphatic carbocycles. The van der Waals surface area contributed by atoms with Crippen LogP contribution in [0.3, 0.4) is 0 Å². The fraction of sp³-hybridized carbons (Fsp3) is 0.227. The van der Waals surface area contributed by atoms with E-state index in [0.717, 1.165) is 23.0 Å². The molecule has 0 radical (unpaired) electrons. The summed E-state index contributed by atoms with van der Waals surface area (Å²) in [4.78, 5) is 31.7. The molecule has 3 rings (SSSR count). The average molecular weight is 410 g/mol. The quantitative estimate of drug-likeness (QED) is 0.430. The lowest BCUT2D eigenvalue weighted by Gasteiger charge is -2.06. The number of thioether (sulfide) groups is 1. The normalized spacial score (nSPS) is 10.6. The number of imidazole rings is 1. The second-order valence-electron chi connectivity index (χ2n) is 6.41. The number of hydrogen-bond donors (Lipinski definition) is 2. The molecule has 0 saturated heterocycles. The van der Waals surface area contributed by atoms with Gasteiger partial charge in [-0.3, -0.25) is 4.79 Å². The molecule has 1 aromatic heterocycles. The molecule has 150 valence electrons. The second-order valence-corrected chi connectivity index (χ2v) is 7.37. The molecule has 1 heterocycles. The van der Waals surface area contributed by atoms with Gasteiger partial charge >= 0.3 is 5.97 Å². The minimum atomic E-state index is -0.375. The summed E-state index contributed by atoms with van der Waals surface area (Å²) in [5.41, 5.74) is 4.27. The summed E-state index contributed by atoms with van der Waals surface area (Å²) in [6, 6.07) is 16.8. The van der Waals surface area contributed by atoms with Crippen LogP contribution in [0.4, 0.5) is 5.69 Å². The van der Waals surface area contributed by atoms with Crippen LogP contribution >= 0.6 is 11.8 Å². The van der Waals surface area contributed by atoms with E-state index in [1.54, 1.807) is 31.2 Å². The number of hydrogen-bond acceptors (Lipinski definition) is 5. The summed E-state index contributed by atoms with van der Waals surface area (Å²) >= 11 is 1.36. The van der Waals surface area contributed by atoms with Crippen molar-refractivity contribution in [2.45, 2.75) is 25.4 Å². The molecule has 0 atom stereocenters. The fourth-order valence-electron chi connectivity index (χ4n) is 2.73. The molecule has 7 heteroatoms. The minimum Gasteiger partial charge on any atom is -0.462 e. The van der Waals surface area contributed by atoms with Gasteiger partial charge in [0.2, 0.25) is 5.91 Å². The summed E-state index contributed by atoms with van der Waals surface area (Å²) in [6.45, 7) is 4.07. The number of aromatic amines is 1. The van der Waals surface area contributed by atoms with E-state index in [4.69, 9.17) is 4.74 Å². The van der Waals surface area contributed by atoms with E-state index in [2.05, 4.69) is 27.4 Å². The first kappa shape index (κ1) is 20.7. The van der Waals surface area contributed by atoms with Crippen LogP contribution in [0, 0.1) is 6.92 Å². The number of aromatic nitrogens is 2. The van der Waals surface area contributed by atoms with E-state index < -0.39 is 0 Å². The van der Waals surface area contributed by atoms with Crippen LogP contribution in [0.25, 0.3) is 0 Å². The molecular weight excluding hydrogens is 386 g/mol. The Morgan fingerprint density at radius 1 is 1.10 bits per heavy atom. The molecule has 0 aliphatic heterocycles. The topological polar surface area (TPSA) is 84.1 Å². The zero-order valence-electron chi connectivity index (χ0n) is 16.4. The molecule has 3 aromatic rings. The number of rotatable bonds is 8. The molecule has 0 aliphatic rings. The van der Waals surface area contributed by atoms with Gasteiger partial charge in [-0.1, -0.05) is 42.1 Å². The third-order valence-corrected chi connectivity index (χ3v) is 5.07. The predicted octanol–water partition coefficient (Wildman–Crippen LogP) is 4.22. The maximum absolute atomic E-state index is 12.2. The minimum absolute atomic E-state index is 0.141. The van der Waals surface area contributed by atoms with Crippen molar-refractivity contribution in [2.75, 3.05) is 17.7 Å². The van der Waals surface area contributed by atoms with Crippen molar-refractivity contribution in [3.63, 3.8) is 0 Å². The van der Waals surface area contributed by atoms with Crippen molar-refractivity contribution in [3.05, 3.63) is 77.1 Å². The number of benzene rings is 2. The predicted molar refractivity (Wildman–Crippen MR) is 114 cm³/mol. The SMILES string of the molecule is CCOC(=O)c1ccc(NC(=O)CSc2nc(Cc3ccccc3)c(C)[nH]2)cc1. The summed E-state index contributed by atoms with van der Waals surface area (Å²) in [7, 11) is 0. The van der Waals surface area contributed by atoms with Crippen molar-refractivity contribution >= 4 is 29.3 Å². The Hall–Kier alpha value is -3.06. The molecule has 0 unspecified atom stereocenters. The van der Waals surface area contributed by atoms with Crippen LogP contribution in [0.15, 0.2) is 59.8 Å². The van der Waals surface area contributed by atoms with Gasteiger partial charge in [0.1, 0.15) is 0 Å². The smallest absolute Gasteiger partial charge is 0.338 e. The lowest BCUT2D eigenvalue weighted by atomic mass is 10.1. The molecular formula is C22H23N3O3S. The zero-order valence-corrected chi connectivity index (χ0v) is 17.2. The Labute approximate surface area is 174 Å². The van der Waals surface area contributed by atoms with Gasteiger partial charge in [0.25, 0.3) is 0 Å². The molecule has 0 fully saturated rings. The van der Waals surface area contributed by atoms with Crippen LogP contribution in [0.1, 0.15) is 34.2 Å². The Bertz CT molecular complexity index is 969. The number of amides is 1. The standard InChI is InChI=1S/C22H23N3O3S/c1-3-28-21(27)17-9-11-18(12-10-17)24-20(26)14-29-22-23-15(2)19(25-22)13-16-7-5-4-6-8-16/h4-12H,3,13-14H2,1-2H3,(H,23,25)(H,24,26). The van der Waals surface area contributed by atoms with Gasteiger partial charge in [-0.15, -0.1) is 0 Å². The van der Waals surface area contributed by atoms with Crippen molar-refractivity contribution in [3.8, 4) is 0 Å². The molecule has 0 saturated carbocycles. The average Bonchev–Trinajstić information content (AvgIpc) is 3.07. The molecule has 29 heavy (non-hydrogen) atoms. The van der Waals surface area contributed by atoms with E-state index >= 15 is 0 Å². The van der Waals surface area contributed by atoms with Gasteiger partial charge in [-0.2, -0.15) is 0 Å². The van der Waals surface area contributed by atoms with Crippen molar-refractivity contribution < 1.29 is 14.3 Å². The van der Waals surface area contributed by atoms with E-state index in [-0.39, 0.29) is 17.6 Å². The highest BCUT2D eigenvalue weighted by molar-refractivity contribution is 7.99. The molecule has 0 bridgehead atoms. The third-order valence-electron chi connectivity index (χ3n) is 4.20. The van der Waals surface area contributed by atoms with E-state index in [1.165, 1.54) is 17.3 Å². The second kappa shape index (κ2) is 9.93. The number of ether oxygens (including phenoxy) is 1. The van der Waals surface area contributed by atoms with Crippen LogP contribution < -0.4 is 5.32 Å². The van der Waals surface area contributed by atoms with Crippen molar-refractivity contribution in [1.29, 1.82) is 0 Å². The zero-order chi connectivity index (χ0) is 20.6. The lowest BCUT2D eigenvalue weighted by Crippen LogP contribution is -2.14. The van der Waals surface area contributed by atoms with Gasteiger partial charge in [0.15, 0.2) is 5.16 Å². The Morgan fingerprint density at radius 3 is 2.52 bits per heavy atom. The van der Waals surface area contributed by atoms with Crippen LogP contribution in [0.2, 0.25) is 0 Å². The number of anilines is 1. The van der Waals surface area contributed by atoms with Crippen LogP contribution in [0.5, 0.6) is 0 Å². The summed E-state index contributed by atoms with van der Waals surface area (Å²) in [5, 5.41) is 3.54. The Kier molecular flexibility index (Phi) is 7.08. The number of carbonyl (C=O) groups excluding carboxylic acids is 2. The molecule has 1 amide bonds. The van der Waals surface area contributed by atoms with Crippen LogP contribution in [-0.4, -0.2) is 34.2 Å². The summed E-state index contributed by atoms with van der Waals surface area (Å²) in [6.07, 6.45) is 0.753. The Balaban J connectivity index is 1.52. The lowest BCUT2D eigenvalue weighted by molar-refractivity contribution is -0.113. The highest BCUT2D eigenvalue weighted by Crippen LogP contribution is 2.19. The third kappa shape index (κ3) is 5.96. The molecule has 0 spiro atoms. The van der Waals surface area contributed by atoms with Crippen LogP contribution in [-0.2, 0) is 16.0 Å². The number of esters is 1. The van der Waals surface area contributed by atoms with Crippen molar-refractivity contribution in [1.82, 2.24) is 9.97 Å². The first-order valence-electron chi connectivity index (χ1n) is 9.34. The number of aryl methyl sites for hydroxylation is 1. The highest BCUT2D eigenvalue weighted by Gasteiger charge is 2.11. The van der Waals surface area contributed by atoms with Gasteiger partial charge in [-0.05, 0) is 43.7 Å². The maximum atomic E-state index is 12.2. The largest absolute Gasteiger partial charge is 0.462 e. The molecule has 6 nitrogen and oxygen atoms in total. The first-order chi connectivity index (χ1) is 14.0. The highest BCUT2D eigenvalue weighted by atomic mass is 32.2. The van der Waals surface area contributed by atoms with Crippen molar-refractivity contribution in [2.24, 2.45) is 0 Å². The molecule has 2 aromatic carbocycles. The van der Waals surface area contributed by atoms with Gasteiger partial charge in [0.05, 0.1) is 23.6 Å². The maximum Gasteiger partial charge on any atom is 0.338 e. The number of nitrogens with zero attached hydrogens (tertiary/aromatic N) is 1. The molecule has 2 N–H and O–H groups in total. The number of carbonyl (C=O) groups is 2. The van der Waals surface area contributed by atoms with E-state index in [9.17, 15) is 9.59 Å². The first-order valence-corrected chi connectivity index (χ1v) is 10.3. The number of H-pyrrole nitrogens is 1. The van der Waals surface area contributed by atoms with Gasteiger partial charge in [0, 0.05) is 17.8 Å². The summed E-state index contributed by atoms with van der Waals surface area (Å²) in [5.74, 6) is -0.282.